The summed E-state index contributed by atoms with van der Waals surface area (Å²) in [5.74, 6) is -1.16. The number of nitro groups is 1. The van der Waals surface area contributed by atoms with Gasteiger partial charge in [0.05, 0.1) is 16.1 Å². The fourth-order valence-electron chi connectivity index (χ4n) is 3.68. The maximum Gasteiger partial charge on any atom is 0.270 e. The standard InChI is InChI=1S/C20H24N4O6/c1-13(2)18(26)22-10-8-21(9-11-22)17(25)4-3-7-23-19(27)15-6-5-14(24(29)30)12-16(15)20(23)28/h5-6,12-13H,3-4,7-11H2,1-2H3. The number of nitro benzene ring substituents is 1. The van der Waals surface area contributed by atoms with Crippen molar-refractivity contribution >= 4 is 29.3 Å². The minimum absolute atomic E-state index is 0.0199. The highest BCUT2D eigenvalue weighted by atomic mass is 16.6. The lowest BCUT2D eigenvalue weighted by Gasteiger charge is -2.35. The van der Waals surface area contributed by atoms with Crippen LogP contribution in [0.3, 0.4) is 0 Å². The molecule has 2 aliphatic heterocycles. The number of non-ortho nitro benzene ring substituents is 1. The van der Waals surface area contributed by atoms with Gasteiger partial charge in [-0.15, -0.1) is 0 Å². The van der Waals surface area contributed by atoms with Gasteiger partial charge in [-0.1, -0.05) is 13.8 Å². The number of carbonyl (C=O) groups excluding carboxylic acids is 4. The van der Waals surface area contributed by atoms with Crippen LogP contribution in [0.5, 0.6) is 0 Å². The Balaban J connectivity index is 1.50. The summed E-state index contributed by atoms with van der Waals surface area (Å²) in [6.07, 6.45) is 0.475. The SMILES string of the molecule is CC(C)C(=O)N1CCN(C(=O)CCCN2C(=O)c3ccc([N+](=O)[O-])cc3C2=O)CC1. The molecule has 0 N–H and O–H groups in total. The van der Waals surface area contributed by atoms with Crippen LogP contribution in [0.2, 0.25) is 0 Å². The van der Waals surface area contributed by atoms with E-state index in [1.165, 1.54) is 12.1 Å². The van der Waals surface area contributed by atoms with Gasteiger partial charge in [0.25, 0.3) is 17.5 Å². The molecule has 10 nitrogen and oxygen atoms in total. The van der Waals surface area contributed by atoms with E-state index in [0.717, 1.165) is 11.0 Å². The number of fused-ring (bicyclic) bond motifs is 1. The Labute approximate surface area is 173 Å². The van der Waals surface area contributed by atoms with Crippen LogP contribution in [0, 0.1) is 16.0 Å². The van der Waals surface area contributed by atoms with Crippen molar-refractivity contribution in [2.24, 2.45) is 5.92 Å². The second-order valence-corrected chi connectivity index (χ2v) is 7.71. The molecule has 160 valence electrons. The first kappa shape index (κ1) is 21.4. The zero-order valence-electron chi connectivity index (χ0n) is 17.0. The topological polar surface area (TPSA) is 121 Å². The van der Waals surface area contributed by atoms with E-state index in [4.69, 9.17) is 0 Å². The molecule has 30 heavy (non-hydrogen) atoms. The van der Waals surface area contributed by atoms with E-state index in [-0.39, 0.29) is 47.5 Å². The molecule has 1 aromatic carbocycles. The minimum Gasteiger partial charge on any atom is -0.339 e. The second-order valence-electron chi connectivity index (χ2n) is 7.71. The van der Waals surface area contributed by atoms with Crippen molar-refractivity contribution in [1.29, 1.82) is 0 Å². The summed E-state index contributed by atoms with van der Waals surface area (Å²) in [6.45, 7) is 5.69. The van der Waals surface area contributed by atoms with Gasteiger partial charge in [-0.3, -0.25) is 34.2 Å². The van der Waals surface area contributed by atoms with E-state index in [1.807, 2.05) is 13.8 Å². The first-order valence-corrected chi connectivity index (χ1v) is 9.92. The Morgan fingerprint density at radius 3 is 2.23 bits per heavy atom. The third-order valence-electron chi connectivity index (χ3n) is 5.38. The molecule has 1 fully saturated rings. The molecule has 0 spiro atoms. The van der Waals surface area contributed by atoms with Crippen LogP contribution in [0.1, 0.15) is 47.4 Å². The highest BCUT2D eigenvalue weighted by molar-refractivity contribution is 6.21. The Hall–Kier alpha value is -3.30. The molecule has 0 unspecified atom stereocenters. The highest BCUT2D eigenvalue weighted by Crippen LogP contribution is 2.27. The number of rotatable bonds is 6. The Bertz CT molecular complexity index is 905. The average Bonchev–Trinajstić information content (AvgIpc) is 2.97. The molecule has 0 aliphatic carbocycles. The second kappa shape index (κ2) is 8.60. The maximum atomic E-state index is 12.5. The van der Waals surface area contributed by atoms with Gasteiger partial charge in [-0.25, -0.2) is 0 Å². The first-order valence-electron chi connectivity index (χ1n) is 9.92. The van der Waals surface area contributed by atoms with Crippen LogP contribution >= 0.6 is 0 Å². The predicted molar refractivity (Wildman–Crippen MR) is 106 cm³/mol. The Kier molecular flexibility index (Phi) is 6.14. The molecule has 4 amide bonds. The first-order chi connectivity index (χ1) is 14.2. The lowest BCUT2D eigenvalue weighted by Crippen LogP contribution is -2.51. The molecule has 0 saturated carbocycles. The van der Waals surface area contributed by atoms with Crippen molar-refractivity contribution in [3.63, 3.8) is 0 Å². The van der Waals surface area contributed by atoms with Gasteiger partial charge in [0, 0.05) is 57.2 Å². The zero-order chi connectivity index (χ0) is 22.0. The zero-order valence-corrected chi connectivity index (χ0v) is 17.0. The maximum absolute atomic E-state index is 12.5. The third kappa shape index (κ3) is 4.17. The number of imide groups is 1. The van der Waals surface area contributed by atoms with Crippen LogP contribution in [0.25, 0.3) is 0 Å². The van der Waals surface area contributed by atoms with Crippen LogP contribution in [0.4, 0.5) is 5.69 Å². The lowest BCUT2D eigenvalue weighted by molar-refractivity contribution is -0.384. The van der Waals surface area contributed by atoms with Crippen molar-refractivity contribution in [2.75, 3.05) is 32.7 Å². The van der Waals surface area contributed by atoms with E-state index in [9.17, 15) is 29.3 Å². The molecule has 2 heterocycles. The van der Waals surface area contributed by atoms with Crippen molar-refractivity contribution < 1.29 is 24.1 Å². The number of benzene rings is 1. The van der Waals surface area contributed by atoms with Gasteiger partial charge in [0.1, 0.15) is 0 Å². The summed E-state index contributed by atoms with van der Waals surface area (Å²) in [6, 6.07) is 3.59. The fraction of sp³-hybridized carbons (Fsp3) is 0.500. The van der Waals surface area contributed by atoms with Crippen molar-refractivity contribution in [1.82, 2.24) is 14.7 Å². The fourth-order valence-corrected chi connectivity index (χ4v) is 3.68. The van der Waals surface area contributed by atoms with E-state index in [0.29, 0.717) is 32.6 Å². The van der Waals surface area contributed by atoms with E-state index < -0.39 is 16.7 Å². The third-order valence-corrected chi connectivity index (χ3v) is 5.38. The molecule has 0 atom stereocenters. The van der Waals surface area contributed by atoms with E-state index in [2.05, 4.69) is 0 Å². The quantitative estimate of drug-likeness (QED) is 0.391. The lowest BCUT2D eigenvalue weighted by atomic mass is 10.1. The minimum atomic E-state index is -0.617. The van der Waals surface area contributed by atoms with Gasteiger partial charge < -0.3 is 9.80 Å². The van der Waals surface area contributed by atoms with Crippen molar-refractivity contribution in [2.45, 2.75) is 26.7 Å². The van der Waals surface area contributed by atoms with Crippen LogP contribution < -0.4 is 0 Å². The number of piperazine rings is 1. The predicted octanol–water partition coefficient (Wildman–Crippen LogP) is 1.30. The molecule has 10 heteroatoms. The smallest absolute Gasteiger partial charge is 0.270 e. The Morgan fingerprint density at radius 1 is 1.03 bits per heavy atom. The van der Waals surface area contributed by atoms with Gasteiger partial charge in [0.15, 0.2) is 0 Å². The number of amides is 4. The molecule has 0 radical (unpaired) electrons. The van der Waals surface area contributed by atoms with Gasteiger partial charge in [-0.2, -0.15) is 0 Å². The molecule has 0 bridgehead atoms. The summed E-state index contributed by atoms with van der Waals surface area (Å²) in [5, 5.41) is 10.9. The van der Waals surface area contributed by atoms with Crippen LogP contribution in [-0.4, -0.2) is 76.0 Å². The molecule has 1 saturated heterocycles. The van der Waals surface area contributed by atoms with E-state index >= 15 is 0 Å². The molecule has 0 aromatic heterocycles. The van der Waals surface area contributed by atoms with Crippen molar-refractivity contribution in [3.05, 3.63) is 39.4 Å². The summed E-state index contributed by atoms with van der Waals surface area (Å²) >= 11 is 0. The number of carbonyl (C=O) groups is 4. The van der Waals surface area contributed by atoms with E-state index in [1.54, 1.807) is 9.80 Å². The van der Waals surface area contributed by atoms with Crippen LogP contribution in [0.15, 0.2) is 18.2 Å². The van der Waals surface area contributed by atoms with Gasteiger partial charge in [-0.05, 0) is 12.5 Å². The van der Waals surface area contributed by atoms with Gasteiger partial charge >= 0.3 is 0 Å². The van der Waals surface area contributed by atoms with Crippen molar-refractivity contribution in [3.8, 4) is 0 Å². The molecule has 2 aliphatic rings. The summed E-state index contributed by atoms with van der Waals surface area (Å²) in [5.41, 5.74) is -0.0867. The monoisotopic (exact) mass is 416 g/mol. The molecule has 3 rings (SSSR count). The molecular weight excluding hydrogens is 392 g/mol. The average molecular weight is 416 g/mol. The summed E-state index contributed by atoms with van der Waals surface area (Å²) in [4.78, 5) is 64.1. The summed E-state index contributed by atoms with van der Waals surface area (Å²) in [7, 11) is 0. The number of hydrogen-bond donors (Lipinski definition) is 0. The Morgan fingerprint density at radius 2 is 1.63 bits per heavy atom. The van der Waals surface area contributed by atoms with Gasteiger partial charge in [0.2, 0.25) is 11.8 Å². The normalized spacial score (nSPS) is 16.3. The number of nitrogens with zero attached hydrogens (tertiary/aromatic N) is 4. The molecule has 1 aromatic rings. The highest BCUT2D eigenvalue weighted by Gasteiger charge is 2.36. The molecular formula is C20H24N4O6. The number of hydrogen-bond acceptors (Lipinski definition) is 6. The largest absolute Gasteiger partial charge is 0.339 e. The van der Waals surface area contributed by atoms with Crippen LogP contribution in [-0.2, 0) is 9.59 Å². The summed E-state index contributed by atoms with van der Waals surface area (Å²) < 4.78 is 0.